The van der Waals surface area contributed by atoms with Gasteiger partial charge in [-0.3, -0.25) is 0 Å². The van der Waals surface area contributed by atoms with Crippen molar-refractivity contribution in [2.45, 2.75) is 0 Å². The van der Waals surface area contributed by atoms with E-state index in [1.807, 2.05) is 6.07 Å². The highest BCUT2D eigenvalue weighted by Crippen LogP contribution is 2.22. The quantitative estimate of drug-likeness (QED) is 0.898. The second kappa shape index (κ2) is 7.88. The lowest BCUT2D eigenvalue weighted by Gasteiger charge is -2.34. The maximum atomic E-state index is 5.41. The molecule has 1 aromatic carbocycles. The van der Waals surface area contributed by atoms with Gasteiger partial charge in [-0.15, -0.1) is 0 Å². The Morgan fingerprint density at radius 2 is 1.62 bits per heavy atom. The first-order valence-electron chi connectivity index (χ1n) is 9.24. The molecule has 0 aliphatic carbocycles. The highest BCUT2D eigenvalue weighted by Gasteiger charge is 2.15. The fourth-order valence-corrected chi connectivity index (χ4v) is 3.33. The minimum atomic E-state index is 0.626. The molecule has 2 aromatic rings. The standard InChI is InChI=1S/C19H26N6O/c1-23-8-10-24(11-9-23)17-4-2-16(3-5-17)21-19-20-7-6-18(22-19)25-12-14-26-15-13-25/h2-7H,8-15H2,1H3,(H,20,21,22). The Kier molecular flexibility index (Phi) is 5.17. The minimum absolute atomic E-state index is 0.626. The van der Waals surface area contributed by atoms with Gasteiger partial charge in [0.2, 0.25) is 5.95 Å². The number of ether oxygens (including phenoxy) is 1. The SMILES string of the molecule is CN1CCN(c2ccc(Nc3nccc(N4CCOCC4)n3)cc2)CC1. The molecule has 1 aromatic heterocycles. The lowest BCUT2D eigenvalue weighted by molar-refractivity contribution is 0.122. The molecule has 0 saturated carbocycles. The molecular weight excluding hydrogens is 328 g/mol. The number of likely N-dealkylation sites (N-methyl/N-ethyl adjacent to an activating group) is 1. The fourth-order valence-electron chi connectivity index (χ4n) is 3.33. The summed E-state index contributed by atoms with van der Waals surface area (Å²) in [6.45, 7) is 7.62. The number of rotatable bonds is 4. The Bertz CT molecular complexity index is 708. The minimum Gasteiger partial charge on any atom is -0.378 e. The monoisotopic (exact) mass is 354 g/mol. The first kappa shape index (κ1) is 17.1. The molecular formula is C19H26N6O. The van der Waals surface area contributed by atoms with Crippen molar-refractivity contribution in [3.8, 4) is 0 Å². The van der Waals surface area contributed by atoms with Crippen LogP contribution in [0.15, 0.2) is 36.5 Å². The highest BCUT2D eigenvalue weighted by molar-refractivity contribution is 5.60. The van der Waals surface area contributed by atoms with Gasteiger partial charge in [-0.05, 0) is 37.4 Å². The molecule has 0 spiro atoms. The molecule has 2 fully saturated rings. The summed E-state index contributed by atoms with van der Waals surface area (Å²) in [5.74, 6) is 1.57. The summed E-state index contributed by atoms with van der Waals surface area (Å²) < 4.78 is 5.41. The fraction of sp³-hybridized carbons (Fsp3) is 0.474. The van der Waals surface area contributed by atoms with Crippen LogP contribution in [-0.2, 0) is 4.74 Å². The smallest absolute Gasteiger partial charge is 0.229 e. The maximum Gasteiger partial charge on any atom is 0.229 e. The lowest BCUT2D eigenvalue weighted by atomic mass is 10.2. The molecule has 2 aliphatic rings. The van der Waals surface area contributed by atoms with E-state index in [-0.39, 0.29) is 0 Å². The van der Waals surface area contributed by atoms with E-state index >= 15 is 0 Å². The van der Waals surface area contributed by atoms with Crippen LogP contribution in [0.2, 0.25) is 0 Å². The topological polar surface area (TPSA) is 56.8 Å². The second-order valence-electron chi connectivity index (χ2n) is 6.80. The molecule has 2 saturated heterocycles. The van der Waals surface area contributed by atoms with Gasteiger partial charge in [0.05, 0.1) is 13.2 Å². The molecule has 7 nitrogen and oxygen atoms in total. The van der Waals surface area contributed by atoms with Crippen LogP contribution in [0.5, 0.6) is 0 Å². The predicted octanol–water partition coefficient (Wildman–Crippen LogP) is 1.81. The summed E-state index contributed by atoms with van der Waals surface area (Å²) in [6, 6.07) is 10.5. The van der Waals surface area contributed by atoms with Gasteiger partial charge < -0.3 is 24.8 Å². The number of morpholine rings is 1. The van der Waals surface area contributed by atoms with E-state index in [4.69, 9.17) is 4.74 Å². The molecule has 0 unspecified atom stereocenters. The van der Waals surface area contributed by atoms with Crippen molar-refractivity contribution in [1.29, 1.82) is 0 Å². The van der Waals surface area contributed by atoms with Crippen LogP contribution >= 0.6 is 0 Å². The van der Waals surface area contributed by atoms with Crippen LogP contribution < -0.4 is 15.1 Å². The largest absolute Gasteiger partial charge is 0.378 e. The molecule has 7 heteroatoms. The number of hydrogen-bond acceptors (Lipinski definition) is 7. The third-order valence-electron chi connectivity index (χ3n) is 4.97. The molecule has 2 aliphatic heterocycles. The average molecular weight is 354 g/mol. The van der Waals surface area contributed by atoms with Crippen molar-refractivity contribution in [2.75, 3.05) is 74.6 Å². The van der Waals surface area contributed by atoms with Gasteiger partial charge >= 0.3 is 0 Å². The summed E-state index contributed by atoms with van der Waals surface area (Å²) in [5, 5.41) is 3.31. The van der Waals surface area contributed by atoms with E-state index in [0.29, 0.717) is 5.95 Å². The van der Waals surface area contributed by atoms with Crippen LogP contribution in [0.4, 0.5) is 23.1 Å². The Morgan fingerprint density at radius 3 is 2.35 bits per heavy atom. The molecule has 26 heavy (non-hydrogen) atoms. The zero-order valence-corrected chi connectivity index (χ0v) is 15.3. The van der Waals surface area contributed by atoms with Gasteiger partial charge in [0.1, 0.15) is 5.82 Å². The van der Waals surface area contributed by atoms with Crippen molar-refractivity contribution in [2.24, 2.45) is 0 Å². The van der Waals surface area contributed by atoms with Crippen LogP contribution in [0.3, 0.4) is 0 Å². The van der Waals surface area contributed by atoms with E-state index in [0.717, 1.165) is 64.0 Å². The summed E-state index contributed by atoms with van der Waals surface area (Å²) in [7, 11) is 2.18. The number of benzene rings is 1. The van der Waals surface area contributed by atoms with E-state index in [1.165, 1.54) is 5.69 Å². The Balaban J connectivity index is 1.41. The Labute approximate surface area is 154 Å². The third-order valence-corrected chi connectivity index (χ3v) is 4.97. The van der Waals surface area contributed by atoms with Crippen molar-refractivity contribution < 1.29 is 4.74 Å². The van der Waals surface area contributed by atoms with Crippen LogP contribution in [-0.4, -0.2) is 74.4 Å². The van der Waals surface area contributed by atoms with Crippen LogP contribution in [0.1, 0.15) is 0 Å². The zero-order valence-electron chi connectivity index (χ0n) is 15.3. The van der Waals surface area contributed by atoms with Gasteiger partial charge in [0.15, 0.2) is 0 Å². The van der Waals surface area contributed by atoms with E-state index in [9.17, 15) is 0 Å². The summed E-state index contributed by atoms with van der Waals surface area (Å²) in [6.07, 6.45) is 1.80. The molecule has 0 bridgehead atoms. The maximum absolute atomic E-state index is 5.41. The summed E-state index contributed by atoms with van der Waals surface area (Å²) in [4.78, 5) is 16.0. The van der Waals surface area contributed by atoms with Gasteiger partial charge in [-0.1, -0.05) is 0 Å². The van der Waals surface area contributed by atoms with Gasteiger partial charge in [-0.2, -0.15) is 4.98 Å². The van der Waals surface area contributed by atoms with Crippen molar-refractivity contribution in [1.82, 2.24) is 14.9 Å². The molecule has 4 rings (SSSR count). The number of hydrogen-bond donors (Lipinski definition) is 1. The number of anilines is 4. The van der Waals surface area contributed by atoms with Crippen molar-refractivity contribution >= 4 is 23.1 Å². The van der Waals surface area contributed by atoms with Crippen LogP contribution in [0, 0.1) is 0 Å². The molecule has 0 atom stereocenters. The number of piperazine rings is 1. The first-order chi connectivity index (χ1) is 12.8. The summed E-state index contributed by atoms with van der Waals surface area (Å²) >= 11 is 0. The average Bonchev–Trinajstić information content (AvgIpc) is 2.70. The van der Waals surface area contributed by atoms with Gasteiger partial charge in [-0.25, -0.2) is 4.98 Å². The number of nitrogens with zero attached hydrogens (tertiary/aromatic N) is 5. The molecule has 3 heterocycles. The second-order valence-corrected chi connectivity index (χ2v) is 6.80. The highest BCUT2D eigenvalue weighted by atomic mass is 16.5. The van der Waals surface area contributed by atoms with E-state index in [2.05, 4.69) is 61.3 Å². The molecule has 0 amide bonds. The summed E-state index contributed by atoms with van der Waals surface area (Å²) in [5.41, 5.74) is 2.27. The third kappa shape index (κ3) is 4.05. The van der Waals surface area contributed by atoms with Gasteiger partial charge in [0, 0.05) is 56.8 Å². The first-order valence-corrected chi connectivity index (χ1v) is 9.24. The number of nitrogens with one attached hydrogen (secondary N) is 1. The van der Waals surface area contributed by atoms with E-state index < -0.39 is 0 Å². The van der Waals surface area contributed by atoms with E-state index in [1.54, 1.807) is 6.20 Å². The van der Waals surface area contributed by atoms with Gasteiger partial charge in [0.25, 0.3) is 0 Å². The predicted molar refractivity (Wildman–Crippen MR) is 104 cm³/mol. The normalized spacial score (nSPS) is 18.8. The molecule has 0 radical (unpaired) electrons. The number of aromatic nitrogens is 2. The lowest BCUT2D eigenvalue weighted by Crippen LogP contribution is -2.44. The van der Waals surface area contributed by atoms with Crippen molar-refractivity contribution in [3.63, 3.8) is 0 Å². The van der Waals surface area contributed by atoms with Crippen molar-refractivity contribution in [3.05, 3.63) is 36.5 Å². The van der Waals surface area contributed by atoms with Crippen LogP contribution in [0.25, 0.3) is 0 Å². The Morgan fingerprint density at radius 1 is 0.885 bits per heavy atom. The Hall–Kier alpha value is -2.38. The molecule has 1 N–H and O–H groups in total. The zero-order chi connectivity index (χ0) is 17.8. The molecule has 138 valence electrons.